The van der Waals surface area contributed by atoms with Crippen LogP contribution < -0.4 is 10.2 Å². The van der Waals surface area contributed by atoms with E-state index in [4.69, 9.17) is 0 Å². The predicted octanol–water partition coefficient (Wildman–Crippen LogP) is 1.02. The van der Waals surface area contributed by atoms with Crippen LogP contribution in [0.2, 0.25) is 0 Å². The Morgan fingerprint density at radius 1 is 1.50 bits per heavy atom. The quantitative estimate of drug-likeness (QED) is 0.841. The summed E-state index contributed by atoms with van der Waals surface area (Å²) in [5, 5.41) is 11.9. The molecule has 0 spiro atoms. The summed E-state index contributed by atoms with van der Waals surface area (Å²) in [6.07, 6.45) is 2.04. The van der Waals surface area contributed by atoms with E-state index < -0.39 is 0 Å². The zero-order valence-electron chi connectivity index (χ0n) is 8.52. The number of aromatic nitrogens is 2. The molecule has 0 saturated carbocycles. The molecule has 1 aromatic heterocycles. The van der Waals surface area contributed by atoms with Crippen molar-refractivity contribution in [3.05, 3.63) is 3.92 Å². The van der Waals surface area contributed by atoms with Gasteiger partial charge in [0.15, 0.2) is 3.92 Å². The molecule has 2 fully saturated rings. The lowest BCUT2D eigenvalue weighted by molar-refractivity contribution is -0.122. The fraction of sp³-hybridized carbons (Fsp3) is 0.667. The van der Waals surface area contributed by atoms with Crippen LogP contribution in [0, 0.1) is 5.92 Å². The molecule has 2 saturated heterocycles. The summed E-state index contributed by atoms with van der Waals surface area (Å²) in [6.45, 7) is 1.71. The molecule has 2 unspecified atom stereocenters. The van der Waals surface area contributed by atoms with E-state index in [1.54, 1.807) is 0 Å². The van der Waals surface area contributed by atoms with E-state index in [-0.39, 0.29) is 17.9 Å². The number of rotatable bonds is 1. The van der Waals surface area contributed by atoms with Crippen molar-refractivity contribution in [1.29, 1.82) is 0 Å². The molecule has 0 aliphatic carbocycles. The minimum absolute atomic E-state index is 0.136. The lowest BCUT2D eigenvalue weighted by Crippen LogP contribution is -2.45. The molecule has 1 aromatic rings. The minimum Gasteiger partial charge on any atom is -0.354 e. The van der Waals surface area contributed by atoms with E-state index in [0.717, 1.165) is 35.0 Å². The van der Waals surface area contributed by atoms with Crippen LogP contribution in [0.15, 0.2) is 3.92 Å². The first kappa shape index (κ1) is 10.5. The summed E-state index contributed by atoms with van der Waals surface area (Å²) in [4.78, 5) is 13.8. The second-order valence-electron chi connectivity index (χ2n) is 4.09. The zero-order valence-corrected chi connectivity index (χ0v) is 10.9. The summed E-state index contributed by atoms with van der Waals surface area (Å²) in [7, 11) is 0. The van der Waals surface area contributed by atoms with Gasteiger partial charge in [-0.15, -0.1) is 10.2 Å². The van der Waals surface area contributed by atoms with Gasteiger partial charge in [0.25, 0.3) is 0 Å². The Bertz CT molecular complexity index is 423. The SMILES string of the molecule is O=C1NCC2C1CCCN2c1nnc(Br)s1. The molecule has 2 aliphatic rings. The fourth-order valence-electron chi connectivity index (χ4n) is 2.50. The van der Waals surface area contributed by atoms with Gasteiger partial charge in [-0.05, 0) is 28.8 Å². The van der Waals surface area contributed by atoms with Crippen molar-refractivity contribution in [3.8, 4) is 0 Å². The van der Waals surface area contributed by atoms with Gasteiger partial charge in [0.05, 0.1) is 12.0 Å². The summed E-state index contributed by atoms with van der Waals surface area (Å²) >= 11 is 4.84. The fourth-order valence-corrected chi connectivity index (χ4v) is 3.67. The van der Waals surface area contributed by atoms with E-state index in [0.29, 0.717) is 0 Å². The van der Waals surface area contributed by atoms with Gasteiger partial charge in [0, 0.05) is 13.1 Å². The highest BCUT2D eigenvalue weighted by atomic mass is 79.9. The molecule has 86 valence electrons. The molecule has 1 N–H and O–H groups in total. The molecule has 2 aliphatic heterocycles. The van der Waals surface area contributed by atoms with Gasteiger partial charge in [-0.2, -0.15) is 0 Å². The van der Waals surface area contributed by atoms with Crippen LogP contribution in [-0.4, -0.2) is 35.2 Å². The number of hydrogen-bond acceptors (Lipinski definition) is 5. The molecular weight excluding hydrogens is 292 g/mol. The van der Waals surface area contributed by atoms with E-state index in [2.05, 4.69) is 36.3 Å². The lowest BCUT2D eigenvalue weighted by atomic mass is 9.92. The molecule has 1 amide bonds. The first-order valence-corrected chi connectivity index (χ1v) is 6.90. The predicted molar refractivity (Wildman–Crippen MR) is 64.5 cm³/mol. The van der Waals surface area contributed by atoms with Crippen molar-refractivity contribution >= 4 is 38.3 Å². The molecule has 0 radical (unpaired) electrons. The molecule has 0 aromatic carbocycles. The summed E-state index contributed by atoms with van der Waals surface area (Å²) in [5.41, 5.74) is 0. The second kappa shape index (κ2) is 3.96. The average Bonchev–Trinajstić information content (AvgIpc) is 2.86. The topological polar surface area (TPSA) is 58.1 Å². The van der Waals surface area contributed by atoms with Crippen molar-refractivity contribution in [2.24, 2.45) is 5.92 Å². The third-order valence-corrected chi connectivity index (χ3v) is 4.63. The number of piperidine rings is 1. The van der Waals surface area contributed by atoms with E-state index in [9.17, 15) is 4.79 Å². The molecule has 16 heavy (non-hydrogen) atoms. The van der Waals surface area contributed by atoms with Crippen molar-refractivity contribution in [2.45, 2.75) is 18.9 Å². The summed E-state index contributed by atoms with van der Waals surface area (Å²) in [5.74, 6) is 0.328. The zero-order chi connectivity index (χ0) is 11.1. The van der Waals surface area contributed by atoms with E-state index >= 15 is 0 Å². The second-order valence-corrected chi connectivity index (χ2v) is 6.32. The Balaban J connectivity index is 1.87. The maximum absolute atomic E-state index is 11.6. The number of amides is 1. The third-order valence-electron chi connectivity index (χ3n) is 3.24. The maximum atomic E-state index is 11.6. The lowest BCUT2D eigenvalue weighted by Gasteiger charge is -2.35. The van der Waals surface area contributed by atoms with E-state index in [1.807, 2.05) is 0 Å². The van der Waals surface area contributed by atoms with Gasteiger partial charge in [0.2, 0.25) is 11.0 Å². The Hall–Kier alpha value is -0.690. The summed E-state index contributed by atoms with van der Waals surface area (Å²) in [6, 6.07) is 0.265. The molecular formula is C9H11BrN4OS. The first-order valence-electron chi connectivity index (χ1n) is 5.29. The number of hydrogen-bond donors (Lipinski definition) is 1. The van der Waals surface area contributed by atoms with Gasteiger partial charge in [-0.3, -0.25) is 4.79 Å². The summed E-state index contributed by atoms with van der Waals surface area (Å²) < 4.78 is 0.793. The Morgan fingerprint density at radius 3 is 3.12 bits per heavy atom. The molecule has 3 rings (SSSR count). The Labute approximate surface area is 105 Å². The van der Waals surface area contributed by atoms with Crippen LogP contribution in [0.25, 0.3) is 0 Å². The number of anilines is 1. The number of nitrogens with zero attached hydrogens (tertiary/aromatic N) is 3. The average molecular weight is 303 g/mol. The van der Waals surface area contributed by atoms with Crippen molar-refractivity contribution < 1.29 is 4.79 Å². The number of carbonyl (C=O) groups is 1. The Kier molecular flexibility index (Phi) is 2.59. The van der Waals surface area contributed by atoms with Gasteiger partial charge < -0.3 is 10.2 Å². The van der Waals surface area contributed by atoms with Crippen LogP contribution in [0.3, 0.4) is 0 Å². The van der Waals surface area contributed by atoms with Crippen LogP contribution in [0.1, 0.15) is 12.8 Å². The first-order chi connectivity index (χ1) is 7.75. The van der Waals surface area contributed by atoms with Gasteiger partial charge >= 0.3 is 0 Å². The highest BCUT2D eigenvalue weighted by molar-refractivity contribution is 9.11. The number of halogens is 1. The highest BCUT2D eigenvalue weighted by Gasteiger charge is 2.41. The van der Waals surface area contributed by atoms with Crippen LogP contribution in [-0.2, 0) is 4.79 Å². The maximum Gasteiger partial charge on any atom is 0.225 e. The van der Waals surface area contributed by atoms with Crippen molar-refractivity contribution in [1.82, 2.24) is 15.5 Å². The van der Waals surface area contributed by atoms with Gasteiger partial charge in [0.1, 0.15) is 0 Å². The standard InChI is InChI=1S/C9H11BrN4OS/c10-8-12-13-9(16-8)14-3-1-2-5-6(14)4-11-7(5)15/h5-6H,1-4H2,(H,11,15). The normalized spacial score (nSPS) is 29.1. The number of nitrogens with one attached hydrogen (secondary N) is 1. The largest absolute Gasteiger partial charge is 0.354 e. The van der Waals surface area contributed by atoms with Crippen LogP contribution >= 0.6 is 27.3 Å². The molecule has 2 atom stereocenters. The van der Waals surface area contributed by atoms with Crippen LogP contribution in [0.5, 0.6) is 0 Å². The highest BCUT2D eigenvalue weighted by Crippen LogP contribution is 2.33. The molecule has 3 heterocycles. The smallest absolute Gasteiger partial charge is 0.225 e. The minimum atomic E-state index is 0.136. The van der Waals surface area contributed by atoms with Gasteiger partial charge in [-0.25, -0.2) is 0 Å². The van der Waals surface area contributed by atoms with Crippen molar-refractivity contribution in [2.75, 3.05) is 18.0 Å². The van der Waals surface area contributed by atoms with Gasteiger partial charge in [-0.1, -0.05) is 11.3 Å². The Morgan fingerprint density at radius 2 is 2.38 bits per heavy atom. The van der Waals surface area contributed by atoms with E-state index in [1.165, 1.54) is 11.3 Å². The molecule has 7 heteroatoms. The number of fused-ring (bicyclic) bond motifs is 1. The number of carbonyl (C=O) groups excluding carboxylic acids is 1. The molecule has 5 nitrogen and oxygen atoms in total. The molecule has 0 bridgehead atoms. The van der Waals surface area contributed by atoms with Crippen LogP contribution in [0.4, 0.5) is 5.13 Å². The van der Waals surface area contributed by atoms with Crippen molar-refractivity contribution in [3.63, 3.8) is 0 Å². The monoisotopic (exact) mass is 302 g/mol. The third kappa shape index (κ3) is 1.62.